The zero-order chi connectivity index (χ0) is 15.2. The molecule has 0 heterocycles. The fourth-order valence-electron chi connectivity index (χ4n) is 1.93. The average molecular weight is 307 g/mol. The molecule has 2 aromatic rings. The summed E-state index contributed by atoms with van der Waals surface area (Å²) in [6.45, 7) is 0.341. The lowest BCUT2D eigenvalue weighted by molar-refractivity contribution is -0.384. The van der Waals surface area contributed by atoms with Crippen LogP contribution in [0.1, 0.15) is 0 Å². The van der Waals surface area contributed by atoms with E-state index in [1.54, 1.807) is 12.1 Å². The summed E-state index contributed by atoms with van der Waals surface area (Å²) in [5, 5.41) is 23.3. The van der Waals surface area contributed by atoms with Crippen LogP contribution in [0.15, 0.2) is 48.5 Å². The van der Waals surface area contributed by atoms with Gasteiger partial charge in [0.05, 0.1) is 16.9 Å². The third-order valence-electron chi connectivity index (χ3n) is 3.02. The van der Waals surface area contributed by atoms with E-state index in [1.807, 2.05) is 24.3 Å². The lowest BCUT2D eigenvalue weighted by Crippen LogP contribution is -2.20. The van der Waals surface area contributed by atoms with Crippen molar-refractivity contribution in [3.05, 3.63) is 58.6 Å². The standard InChI is InChI=1S/C15H15ClN2O3/c16-9-13(19)10-17-15-4-2-1-3-14(15)11-5-7-12(8-6-11)18(20)21/h1-8,13,17,19H,9-10H2. The second kappa shape index (κ2) is 7.06. The number of para-hydroxylation sites is 1. The molecular formula is C15H15ClN2O3. The van der Waals surface area contributed by atoms with Crippen molar-refractivity contribution >= 4 is 23.0 Å². The van der Waals surface area contributed by atoms with Gasteiger partial charge in [-0.15, -0.1) is 11.6 Å². The molecule has 0 radical (unpaired) electrons. The van der Waals surface area contributed by atoms with Crippen LogP contribution in [0, 0.1) is 10.1 Å². The number of hydrogen-bond donors (Lipinski definition) is 2. The molecule has 6 heteroatoms. The third kappa shape index (κ3) is 3.93. The molecule has 1 unspecified atom stereocenters. The van der Waals surface area contributed by atoms with E-state index in [1.165, 1.54) is 12.1 Å². The van der Waals surface area contributed by atoms with Gasteiger partial charge in [0.25, 0.3) is 5.69 Å². The Morgan fingerprint density at radius 1 is 1.19 bits per heavy atom. The first-order valence-corrected chi connectivity index (χ1v) is 6.97. The summed E-state index contributed by atoms with van der Waals surface area (Å²) in [4.78, 5) is 10.3. The molecule has 2 N–H and O–H groups in total. The quantitative estimate of drug-likeness (QED) is 0.488. The predicted molar refractivity (Wildman–Crippen MR) is 83.7 cm³/mol. The Morgan fingerprint density at radius 3 is 2.48 bits per heavy atom. The number of aliphatic hydroxyl groups excluding tert-OH is 1. The third-order valence-corrected chi connectivity index (χ3v) is 3.38. The van der Waals surface area contributed by atoms with Crippen molar-refractivity contribution in [2.45, 2.75) is 6.10 Å². The molecule has 1 atom stereocenters. The molecule has 0 amide bonds. The Kier molecular flexibility index (Phi) is 5.14. The minimum absolute atomic E-state index is 0.0572. The fraction of sp³-hybridized carbons (Fsp3) is 0.200. The summed E-state index contributed by atoms with van der Waals surface area (Å²) < 4.78 is 0. The number of aliphatic hydroxyl groups is 1. The topological polar surface area (TPSA) is 75.4 Å². The number of non-ortho nitro benzene ring substituents is 1. The average Bonchev–Trinajstić information content (AvgIpc) is 2.53. The molecule has 0 saturated carbocycles. The number of alkyl halides is 1. The number of anilines is 1. The summed E-state index contributed by atoms with van der Waals surface area (Å²) in [5.74, 6) is 0.159. The van der Waals surface area contributed by atoms with E-state index in [2.05, 4.69) is 5.32 Å². The van der Waals surface area contributed by atoms with Crippen molar-refractivity contribution in [3.8, 4) is 11.1 Å². The van der Waals surface area contributed by atoms with Crippen LogP contribution in [-0.2, 0) is 0 Å². The number of hydrogen-bond acceptors (Lipinski definition) is 4. The molecular weight excluding hydrogens is 292 g/mol. The van der Waals surface area contributed by atoms with Gasteiger partial charge in [-0.25, -0.2) is 0 Å². The molecule has 5 nitrogen and oxygen atoms in total. The molecule has 0 aromatic heterocycles. The van der Waals surface area contributed by atoms with Crippen LogP contribution in [0.25, 0.3) is 11.1 Å². The summed E-state index contributed by atoms with van der Waals surface area (Å²) in [5.41, 5.74) is 2.68. The van der Waals surface area contributed by atoms with Crippen LogP contribution >= 0.6 is 11.6 Å². The van der Waals surface area contributed by atoms with Gasteiger partial charge in [-0.05, 0) is 23.8 Å². The first kappa shape index (κ1) is 15.3. The van der Waals surface area contributed by atoms with E-state index in [9.17, 15) is 15.2 Å². The maximum absolute atomic E-state index is 10.7. The van der Waals surface area contributed by atoms with Crippen molar-refractivity contribution in [1.82, 2.24) is 0 Å². The lowest BCUT2D eigenvalue weighted by atomic mass is 10.0. The van der Waals surface area contributed by atoms with Crippen LogP contribution < -0.4 is 5.32 Å². The second-order valence-corrected chi connectivity index (χ2v) is 4.85. The van der Waals surface area contributed by atoms with Crippen molar-refractivity contribution in [1.29, 1.82) is 0 Å². The zero-order valence-corrected chi connectivity index (χ0v) is 12.0. The normalized spacial score (nSPS) is 11.9. The maximum Gasteiger partial charge on any atom is 0.269 e. The molecule has 21 heavy (non-hydrogen) atoms. The van der Waals surface area contributed by atoms with Crippen molar-refractivity contribution < 1.29 is 10.0 Å². The molecule has 0 spiro atoms. The van der Waals surface area contributed by atoms with Gasteiger partial charge in [0.2, 0.25) is 0 Å². The lowest BCUT2D eigenvalue weighted by Gasteiger charge is -2.14. The Balaban J connectivity index is 2.24. The van der Waals surface area contributed by atoms with Crippen molar-refractivity contribution in [3.63, 3.8) is 0 Å². The van der Waals surface area contributed by atoms with E-state index < -0.39 is 11.0 Å². The van der Waals surface area contributed by atoms with Gasteiger partial charge in [-0.3, -0.25) is 10.1 Å². The van der Waals surface area contributed by atoms with Gasteiger partial charge in [0, 0.05) is 29.9 Å². The summed E-state index contributed by atoms with van der Waals surface area (Å²) in [6, 6.07) is 13.9. The highest BCUT2D eigenvalue weighted by molar-refractivity contribution is 6.18. The van der Waals surface area contributed by atoms with Gasteiger partial charge >= 0.3 is 0 Å². The van der Waals surface area contributed by atoms with Crippen LogP contribution in [0.2, 0.25) is 0 Å². The summed E-state index contributed by atoms with van der Waals surface area (Å²) in [7, 11) is 0. The first-order valence-electron chi connectivity index (χ1n) is 6.43. The number of halogens is 1. The Labute approximate surface area is 127 Å². The van der Waals surface area contributed by atoms with Gasteiger partial charge in [-0.1, -0.05) is 18.2 Å². The SMILES string of the molecule is O=[N+]([O-])c1ccc(-c2ccccc2NCC(O)CCl)cc1. The van der Waals surface area contributed by atoms with E-state index >= 15 is 0 Å². The summed E-state index contributed by atoms with van der Waals surface area (Å²) in [6.07, 6.45) is -0.628. The van der Waals surface area contributed by atoms with Gasteiger partial charge < -0.3 is 10.4 Å². The molecule has 2 aromatic carbocycles. The zero-order valence-electron chi connectivity index (χ0n) is 11.2. The van der Waals surface area contributed by atoms with Crippen molar-refractivity contribution in [2.75, 3.05) is 17.7 Å². The minimum atomic E-state index is -0.628. The van der Waals surface area contributed by atoms with Gasteiger partial charge in [0.15, 0.2) is 0 Å². The van der Waals surface area contributed by atoms with E-state index in [4.69, 9.17) is 11.6 Å². The number of nitro groups is 1. The summed E-state index contributed by atoms with van der Waals surface area (Å²) >= 11 is 5.57. The largest absolute Gasteiger partial charge is 0.390 e. The predicted octanol–water partition coefficient (Wildman–Crippen LogP) is 3.27. The van der Waals surface area contributed by atoms with Crippen LogP contribution in [0.3, 0.4) is 0 Å². The number of benzene rings is 2. The highest BCUT2D eigenvalue weighted by Crippen LogP contribution is 2.29. The number of rotatable bonds is 6. The highest BCUT2D eigenvalue weighted by atomic mass is 35.5. The number of nitrogens with zero attached hydrogens (tertiary/aromatic N) is 1. The Morgan fingerprint density at radius 2 is 1.86 bits per heavy atom. The second-order valence-electron chi connectivity index (χ2n) is 4.54. The van der Waals surface area contributed by atoms with Gasteiger partial charge in [0.1, 0.15) is 0 Å². The smallest absolute Gasteiger partial charge is 0.269 e. The highest BCUT2D eigenvalue weighted by Gasteiger charge is 2.09. The minimum Gasteiger partial charge on any atom is -0.390 e. The Hall–Kier alpha value is -2.11. The molecule has 0 aliphatic rings. The van der Waals surface area contributed by atoms with E-state index in [0.717, 1.165) is 16.8 Å². The number of nitro benzene ring substituents is 1. The van der Waals surface area contributed by atoms with Crippen molar-refractivity contribution in [2.24, 2.45) is 0 Å². The molecule has 2 rings (SSSR count). The maximum atomic E-state index is 10.7. The molecule has 0 bridgehead atoms. The fourth-order valence-corrected chi connectivity index (χ4v) is 2.04. The molecule has 0 aliphatic carbocycles. The van der Waals surface area contributed by atoms with Crippen LogP contribution in [-0.4, -0.2) is 28.6 Å². The Bertz CT molecular complexity index is 617. The van der Waals surface area contributed by atoms with Crippen LogP contribution in [0.4, 0.5) is 11.4 Å². The molecule has 0 saturated heterocycles. The number of nitrogens with one attached hydrogen (secondary N) is 1. The van der Waals surface area contributed by atoms with Gasteiger partial charge in [-0.2, -0.15) is 0 Å². The van der Waals surface area contributed by atoms with E-state index in [-0.39, 0.29) is 11.6 Å². The molecule has 0 aliphatic heterocycles. The monoisotopic (exact) mass is 306 g/mol. The van der Waals surface area contributed by atoms with E-state index in [0.29, 0.717) is 6.54 Å². The molecule has 110 valence electrons. The first-order chi connectivity index (χ1) is 10.1. The molecule has 0 fully saturated rings. The van der Waals surface area contributed by atoms with Crippen LogP contribution in [0.5, 0.6) is 0 Å².